The van der Waals surface area contributed by atoms with E-state index in [4.69, 9.17) is 9.84 Å². The lowest BCUT2D eigenvalue weighted by atomic mass is 10.0. The van der Waals surface area contributed by atoms with Gasteiger partial charge in [0.05, 0.1) is 19.8 Å². The SMILES string of the molecule is CNC(c1ccc(OC)cc1)C(C)SCC(O)CO. The fourth-order valence-electron chi connectivity index (χ4n) is 1.90. The molecule has 3 N–H and O–H groups in total. The van der Waals surface area contributed by atoms with Crippen molar-refractivity contribution in [2.24, 2.45) is 0 Å². The molecule has 0 aliphatic rings. The molecule has 0 fully saturated rings. The van der Waals surface area contributed by atoms with E-state index in [2.05, 4.69) is 12.2 Å². The second kappa shape index (κ2) is 8.43. The number of methoxy groups -OCH3 is 1. The highest BCUT2D eigenvalue weighted by Crippen LogP contribution is 2.27. The van der Waals surface area contributed by atoms with Crippen molar-refractivity contribution in [2.45, 2.75) is 24.3 Å². The van der Waals surface area contributed by atoms with Crippen molar-refractivity contribution >= 4 is 11.8 Å². The van der Waals surface area contributed by atoms with Gasteiger partial charge in [0.1, 0.15) is 5.75 Å². The monoisotopic (exact) mass is 285 g/mol. The molecule has 0 aliphatic carbocycles. The normalized spacial score (nSPS) is 15.8. The van der Waals surface area contributed by atoms with Gasteiger partial charge in [-0.3, -0.25) is 0 Å². The molecule has 0 radical (unpaired) electrons. The van der Waals surface area contributed by atoms with Crippen LogP contribution in [0.4, 0.5) is 0 Å². The zero-order chi connectivity index (χ0) is 14.3. The topological polar surface area (TPSA) is 61.7 Å². The van der Waals surface area contributed by atoms with Crippen molar-refractivity contribution in [2.75, 3.05) is 26.5 Å². The quantitative estimate of drug-likeness (QED) is 0.674. The summed E-state index contributed by atoms with van der Waals surface area (Å²) < 4.78 is 5.15. The first-order valence-corrected chi connectivity index (χ1v) is 7.39. The molecule has 1 aromatic rings. The fourth-order valence-corrected chi connectivity index (χ4v) is 3.01. The number of benzene rings is 1. The maximum absolute atomic E-state index is 9.39. The smallest absolute Gasteiger partial charge is 0.118 e. The van der Waals surface area contributed by atoms with Gasteiger partial charge in [-0.25, -0.2) is 0 Å². The zero-order valence-electron chi connectivity index (χ0n) is 11.7. The van der Waals surface area contributed by atoms with Gasteiger partial charge in [0.2, 0.25) is 0 Å². The Hall–Kier alpha value is -0.750. The van der Waals surface area contributed by atoms with Gasteiger partial charge in [0.15, 0.2) is 0 Å². The molecule has 1 aromatic carbocycles. The van der Waals surface area contributed by atoms with Gasteiger partial charge in [0.25, 0.3) is 0 Å². The summed E-state index contributed by atoms with van der Waals surface area (Å²) in [4.78, 5) is 0. The fraction of sp³-hybridized carbons (Fsp3) is 0.571. The van der Waals surface area contributed by atoms with Crippen LogP contribution in [0.1, 0.15) is 18.5 Å². The predicted octanol–water partition coefficient (Wildman–Crippen LogP) is 1.43. The van der Waals surface area contributed by atoms with Gasteiger partial charge in [-0.2, -0.15) is 11.8 Å². The lowest BCUT2D eigenvalue weighted by Crippen LogP contribution is -2.27. The van der Waals surface area contributed by atoms with E-state index < -0.39 is 6.10 Å². The summed E-state index contributed by atoms with van der Waals surface area (Å²) in [6, 6.07) is 8.17. The number of hydrogen-bond donors (Lipinski definition) is 3. The van der Waals surface area contributed by atoms with Crippen molar-refractivity contribution in [3.8, 4) is 5.75 Å². The lowest BCUT2D eigenvalue weighted by molar-refractivity contribution is 0.113. The van der Waals surface area contributed by atoms with E-state index in [1.54, 1.807) is 18.9 Å². The summed E-state index contributed by atoms with van der Waals surface area (Å²) >= 11 is 1.64. The van der Waals surface area contributed by atoms with E-state index in [0.29, 0.717) is 11.0 Å². The van der Waals surface area contributed by atoms with Crippen LogP contribution in [-0.4, -0.2) is 48.1 Å². The molecular weight excluding hydrogens is 262 g/mol. The van der Waals surface area contributed by atoms with Gasteiger partial charge in [-0.1, -0.05) is 19.1 Å². The highest BCUT2D eigenvalue weighted by molar-refractivity contribution is 7.99. The second-order valence-corrected chi connectivity index (χ2v) is 5.82. The molecule has 3 atom stereocenters. The van der Waals surface area contributed by atoms with Gasteiger partial charge in [0, 0.05) is 17.0 Å². The van der Waals surface area contributed by atoms with Crippen LogP contribution in [-0.2, 0) is 0 Å². The van der Waals surface area contributed by atoms with Crippen molar-refractivity contribution in [1.82, 2.24) is 5.32 Å². The van der Waals surface area contributed by atoms with Crippen LogP contribution in [0, 0.1) is 0 Å². The molecule has 0 aromatic heterocycles. The number of ether oxygens (including phenoxy) is 1. The van der Waals surface area contributed by atoms with E-state index in [9.17, 15) is 5.11 Å². The maximum atomic E-state index is 9.39. The van der Waals surface area contributed by atoms with Crippen LogP contribution < -0.4 is 10.1 Å². The van der Waals surface area contributed by atoms with Crippen LogP contribution in [0.25, 0.3) is 0 Å². The third-order valence-corrected chi connectivity index (χ3v) is 4.39. The largest absolute Gasteiger partial charge is 0.497 e. The zero-order valence-corrected chi connectivity index (χ0v) is 12.5. The van der Waals surface area contributed by atoms with Crippen LogP contribution in [0.15, 0.2) is 24.3 Å². The number of aliphatic hydroxyl groups is 2. The number of nitrogens with one attached hydrogen (secondary N) is 1. The Morgan fingerprint density at radius 1 is 1.32 bits per heavy atom. The Morgan fingerprint density at radius 2 is 1.95 bits per heavy atom. The summed E-state index contributed by atoms with van der Waals surface area (Å²) in [5.41, 5.74) is 1.18. The first kappa shape index (κ1) is 16.3. The molecule has 5 heteroatoms. The summed E-state index contributed by atoms with van der Waals surface area (Å²) in [6.45, 7) is 1.92. The Bertz CT molecular complexity index is 358. The number of hydrogen-bond acceptors (Lipinski definition) is 5. The van der Waals surface area contributed by atoms with Crippen LogP contribution >= 0.6 is 11.8 Å². The Kier molecular flexibility index (Phi) is 7.23. The molecule has 108 valence electrons. The molecule has 0 saturated heterocycles. The minimum absolute atomic E-state index is 0.188. The van der Waals surface area contributed by atoms with Crippen LogP contribution in [0.5, 0.6) is 5.75 Å². The Labute approximate surface area is 119 Å². The third-order valence-electron chi connectivity index (χ3n) is 3.02. The van der Waals surface area contributed by atoms with Crippen molar-refractivity contribution < 1.29 is 14.9 Å². The average molecular weight is 285 g/mol. The van der Waals surface area contributed by atoms with E-state index in [0.717, 1.165) is 5.75 Å². The highest BCUT2D eigenvalue weighted by Gasteiger charge is 2.19. The van der Waals surface area contributed by atoms with Crippen molar-refractivity contribution in [3.63, 3.8) is 0 Å². The molecule has 19 heavy (non-hydrogen) atoms. The van der Waals surface area contributed by atoms with E-state index in [1.165, 1.54) is 5.56 Å². The van der Waals surface area contributed by atoms with Crippen LogP contribution in [0.3, 0.4) is 0 Å². The van der Waals surface area contributed by atoms with Crippen molar-refractivity contribution in [3.05, 3.63) is 29.8 Å². The summed E-state index contributed by atoms with van der Waals surface area (Å²) in [7, 11) is 3.58. The Morgan fingerprint density at radius 3 is 2.42 bits per heavy atom. The van der Waals surface area contributed by atoms with Gasteiger partial charge >= 0.3 is 0 Å². The van der Waals surface area contributed by atoms with E-state index in [-0.39, 0.29) is 12.6 Å². The molecule has 0 bridgehead atoms. The van der Waals surface area contributed by atoms with E-state index in [1.807, 2.05) is 31.3 Å². The molecule has 1 rings (SSSR count). The van der Waals surface area contributed by atoms with Gasteiger partial charge < -0.3 is 20.3 Å². The van der Waals surface area contributed by atoms with Gasteiger partial charge in [-0.15, -0.1) is 0 Å². The lowest BCUT2D eigenvalue weighted by Gasteiger charge is -2.24. The first-order valence-electron chi connectivity index (χ1n) is 6.34. The average Bonchev–Trinajstić information content (AvgIpc) is 2.46. The summed E-state index contributed by atoms with van der Waals surface area (Å²) in [5.74, 6) is 1.38. The molecule has 3 unspecified atom stereocenters. The van der Waals surface area contributed by atoms with Gasteiger partial charge in [-0.05, 0) is 24.7 Å². The minimum Gasteiger partial charge on any atom is -0.497 e. The molecule has 0 amide bonds. The third kappa shape index (κ3) is 5.03. The molecule has 0 spiro atoms. The minimum atomic E-state index is -0.652. The molecule has 0 heterocycles. The predicted molar refractivity (Wildman–Crippen MR) is 79.8 cm³/mol. The Balaban J connectivity index is 2.64. The molecule has 4 nitrogen and oxygen atoms in total. The summed E-state index contributed by atoms with van der Waals surface area (Å²) in [5, 5.41) is 21.8. The summed E-state index contributed by atoms with van der Waals surface area (Å²) in [6.07, 6.45) is -0.652. The van der Waals surface area contributed by atoms with Crippen molar-refractivity contribution in [1.29, 1.82) is 0 Å². The molecule has 0 saturated carbocycles. The number of rotatable bonds is 8. The molecule has 0 aliphatic heterocycles. The van der Waals surface area contributed by atoms with Crippen LogP contribution in [0.2, 0.25) is 0 Å². The number of aliphatic hydroxyl groups excluding tert-OH is 2. The maximum Gasteiger partial charge on any atom is 0.118 e. The second-order valence-electron chi connectivity index (χ2n) is 4.41. The first-order chi connectivity index (χ1) is 9.12. The molecular formula is C14H23NO3S. The van der Waals surface area contributed by atoms with E-state index >= 15 is 0 Å². The number of thioether (sulfide) groups is 1. The highest BCUT2D eigenvalue weighted by atomic mass is 32.2. The standard InChI is InChI=1S/C14H23NO3S/c1-10(19-9-12(17)8-16)14(15-2)11-4-6-13(18-3)7-5-11/h4-7,10,12,14-17H,8-9H2,1-3H3.